The van der Waals surface area contributed by atoms with E-state index in [0.29, 0.717) is 5.13 Å². The summed E-state index contributed by atoms with van der Waals surface area (Å²) in [5.41, 5.74) is 0.422. The lowest BCUT2D eigenvalue weighted by molar-refractivity contribution is -0.121. The number of amides is 1. The van der Waals surface area contributed by atoms with E-state index < -0.39 is 5.54 Å². The molecule has 0 aliphatic heterocycles. The molecule has 2 N–H and O–H groups in total. The van der Waals surface area contributed by atoms with Crippen molar-refractivity contribution in [2.24, 2.45) is 0 Å². The first-order valence-corrected chi connectivity index (χ1v) is 6.51. The molecule has 0 atom stereocenters. The van der Waals surface area contributed by atoms with Gasteiger partial charge in [-0.3, -0.25) is 4.79 Å². The highest BCUT2D eigenvalue weighted by atomic mass is 32.1. The van der Waals surface area contributed by atoms with E-state index in [9.17, 15) is 4.79 Å². The van der Waals surface area contributed by atoms with Gasteiger partial charge in [0.1, 0.15) is 0 Å². The fourth-order valence-corrected chi connectivity index (χ4v) is 1.97. The number of likely N-dealkylation sites (N-methyl/N-ethyl adjacent to an activating group) is 1. The van der Waals surface area contributed by atoms with Gasteiger partial charge >= 0.3 is 0 Å². The van der Waals surface area contributed by atoms with E-state index >= 15 is 0 Å². The summed E-state index contributed by atoms with van der Waals surface area (Å²) in [4.78, 5) is 16.3. The molecule has 0 aliphatic rings. The molecule has 96 valence electrons. The van der Waals surface area contributed by atoms with Crippen LogP contribution in [0, 0.1) is 0 Å². The Morgan fingerprint density at radius 2 is 1.88 bits per heavy atom. The third-order valence-electron chi connectivity index (χ3n) is 2.69. The summed E-state index contributed by atoms with van der Waals surface area (Å²) in [5, 5.41) is 8.44. The van der Waals surface area contributed by atoms with Gasteiger partial charge in [-0.1, -0.05) is 20.8 Å². The van der Waals surface area contributed by atoms with Gasteiger partial charge in [0.25, 0.3) is 0 Å². The number of hydrogen-bond donors (Lipinski definition) is 2. The lowest BCUT2D eigenvalue weighted by atomic mass is 9.93. The van der Waals surface area contributed by atoms with Crippen molar-refractivity contribution < 1.29 is 4.79 Å². The molecule has 4 nitrogen and oxygen atoms in total. The molecule has 1 aromatic heterocycles. The smallest absolute Gasteiger partial charge is 0.245 e. The van der Waals surface area contributed by atoms with Gasteiger partial charge in [-0.2, -0.15) is 0 Å². The van der Waals surface area contributed by atoms with Gasteiger partial charge in [0.2, 0.25) is 5.91 Å². The molecule has 17 heavy (non-hydrogen) atoms. The molecule has 1 aromatic rings. The molecule has 0 aromatic carbocycles. The van der Waals surface area contributed by atoms with Crippen LogP contribution in [0.4, 0.5) is 5.13 Å². The van der Waals surface area contributed by atoms with Crippen LogP contribution in [0.25, 0.3) is 0 Å². The van der Waals surface area contributed by atoms with Gasteiger partial charge in [-0.05, 0) is 20.9 Å². The summed E-state index contributed by atoms with van der Waals surface area (Å²) in [6.45, 7) is 9.97. The van der Waals surface area contributed by atoms with Crippen molar-refractivity contribution in [2.45, 2.75) is 45.6 Å². The molecule has 1 rings (SSSR count). The number of aromatic nitrogens is 1. The first-order chi connectivity index (χ1) is 7.66. The maximum Gasteiger partial charge on any atom is 0.245 e. The fraction of sp³-hybridized carbons (Fsp3) is 0.667. The molecule has 0 aliphatic carbocycles. The minimum Gasteiger partial charge on any atom is -0.307 e. The summed E-state index contributed by atoms with van der Waals surface area (Å²) >= 11 is 1.46. The van der Waals surface area contributed by atoms with E-state index in [4.69, 9.17) is 0 Å². The molecular formula is C12H21N3OS. The van der Waals surface area contributed by atoms with E-state index in [1.807, 2.05) is 19.2 Å². The first-order valence-electron chi connectivity index (χ1n) is 5.63. The van der Waals surface area contributed by atoms with Gasteiger partial charge in [0.15, 0.2) is 5.13 Å². The number of thiazole rings is 1. The van der Waals surface area contributed by atoms with Gasteiger partial charge in [-0.25, -0.2) is 4.98 Å². The normalized spacial score (nSPS) is 12.6. The molecular weight excluding hydrogens is 234 g/mol. The van der Waals surface area contributed by atoms with Gasteiger partial charge < -0.3 is 10.6 Å². The van der Waals surface area contributed by atoms with Crippen molar-refractivity contribution in [2.75, 3.05) is 12.4 Å². The van der Waals surface area contributed by atoms with Crippen molar-refractivity contribution >= 4 is 22.4 Å². The van der Waals surface area contributed by atoms with Crippen molar-refractivity contribution in [3.63, 3.8) is 0 Å². The predicted molar refractivity (Wildman–Crippen MR) is 72.6 cm³/mol. The zero-order valence-electron chi connectivity index (χ0n) is 11.3. The molecule has 0 saturated carbocycles. The summed E-state index contributed by atoms with van der Waals surface area (Å²) in [6, 6.07) is 0. The summed E-state index contributed by atoms with van der Waals surface area (Å²) in [6.07, 6.45) is 0. The highest BCUT2D eigenvalue weighted by Gasteiger charge is 2.26. The van der Waals surface area contributed by atoms with E-state index in [-0.39, 0.29) is 11.3 Å². The Bertz CT molecular complexity index is 404. The number of rotatable bonds is 3. The van der Waals surface area contributed by atoms with Crippen LogP contribution in [0.15, 0.2) is 5.38 Å². The molecule has 1 heterocycles. The highest BCUT2D eigenvalue weighted by molar-refractivity contribution is 7.14. The summed E-state index contributed by atoms with van der Waals surface area (Å²) in [7, 11) is 1.77. The second kappa shape index (κ2) is 4.74. The van der Waals surface area contributed by atoms with Crippen LogP contribution in [-0.2, 0) is 10.2 Å². The van der Waals surface area contributed by atoms with E-state index in [2.05, 4.69) is 36.4 Å². The summed E-state index contributed by atoms with van der Waals surface area (Å²) in [5.74, 6) is -0.0743. The molecule has 0 saturated heterocycles. The third-order valence-corrected chi connectivity index (χ3v) is 3.44. The van der Waals surface area contributed by atoms with Gasteiger partial charge in [-0.15, -0.1) is 11.3 Å². The minimum absolute atomic E-state index is 0.0119. The van der Waals surface area contributed by atoms with Crippen molar-refractivity contribution in [3.8, 4) is 0 Å². The Morgan fingerprint density at radius 3 is 2.29 bits per heavy atom. The van der Waals surface area contributed by atoms with Crippen LogP contribution < -0.4 is 10.6 Å². The average molecular weight is 255 g/mol. The largest absolute Gasteiger partial charge is 0.307 e. The third kappa shape index (κ3) is 3.51. The standard InChI is InChI=1S/C12H21N3OS/c1-11(2,3)8-7-17-10(14-8)15-9(16)12(4,5)13-6/h7,13H,1-6H3,(H,14,15,16). The van der Waals surface area contributed by atoms with Crippen LogP contribution in [0.2, 0.25) is 0 Å². The Kier molecular flexibility index (Phi) is 3.94. The van der Waals surface area contributed by atoms with E-state index in [1.165, 1.54) is 11.3 Å². The van der Waals surface area contributed by atoms with Crippen molar-refractivity contribution in [3.05, 3.63) is 11.1 Å². The minimum atomic E-state index is -0.590. The van der Waals surface area contributed by atoms with Crippen LogP contribution in [0.5, 0.6) is 0 Å². The number of nitrogens with zero attached hydrogens (tertiary/aromatic N) is 1. The molecule has 0 unspecified atom stereocenters. The highest BCUT2D eigenvalue weighted by Crippen LogP contribution is 2.26. The summed E-state index contributed by atoms with van der Waals surface area (Å²) < 4.78 is 0. The zero-order valence-corrected chi connectivity index (χ0v) is 12.2. The maximum absolute atomic E-state index is 11.9. The molecule has 0 spiro atoms. The molecule has 0 radical (unpaired) electrons. The second-order valence-corrected chi connectivity index (χ2v) is 6.48. The topological polar surface area (TPSA) is 54.0 Å². The maximum atomic E-state index is 11.9. The Labute approximate surface area is 107 Å². The quantitative estimate of drug-likeness (QED) is 0.872. The Hall–Kier alpha value is -0.940. The lowest BCUT2D eigenvalue weighted by Crippen LogP contribution is -2.47. The zero-order chi connectivity index (χ0) is 13.3. The SMILES string of the molecule is CNC(C)(C)C(=O)Nc1nc(C(C)(C)C)cs1. The predicted octanol–water partition coefficient (Wildman–Crippen LogP) is 2.38. The Balaban J connectivity index is 2.77. The first kappa shape index (κ1) is 14.1. The van der Waals surface area contributed by atoms with E-state index in [0.717, 1.165) is 5.69 Å². The molecule has 5 heteroatoms. The molecule has 0 fully saturated rings. The van der Waals surface area contributed by atoms with Crippen LogP contribution >= 0.6 is 11.3 Å². The number of anilines is 1. The average Bonchev–Trinajstić information content (AvgIpc) is 2.65. The van der Waals surface area contributed by atoms with Gasteiger partial charge in [0, 0.05) is 10.8 Å². The van der Waals surface area contributed by atoms with Crippen LogP contribution in [0.1, 0.15) is 40.3 Å². The van der Waals surface area contributed by atoms with Gasteiger partial charge in [0.05, 0.1) is 11.2 Å². The fourth-order valence-electron chi connectivity index (χ4n) is 1.04. The van der Waals surface area contributed by atoms with Crippen LogP contribution in [-0.4, -0.2) is 23.5 Å². The molecule has 0 bridgehead atoms. The Morgan fingerprint density at radius 1 is 1.29 bits per heavy atom. The number of nitrogens with one attached hydrogen (secondary N) is 2. The number of hydrogen-bond acceptors (Lipinski definition) is 4. The monoisotopic (exact) mass is 255 g/mol. The number of carbonyl (C=O) groups is 1. The van der Waals surface area contributed by atoms with Crippen molar-refractivity contribution in [1.29, 1.82) is 0 Å². The molecule has 1 amide bonds. The van der Waals surface area contributed by atoms with Crippen molar-refractivity contribution in [1.82, 2.24) is 10.3 Å². The second-order valence-electron chi connectivity index (χ2n) is 5.62. The van der Waals surface area contributed by atoms with Crippen LogP contribution in [0.3, 0.4) is 0 Å². The number of carbonyl (C=O) groups excluding carboxylic acids is 1. The van der Waals surface area contributed by atoms with E-state index in [1.54, 1.807) is 7.05 Å². The lowest BCUT2D eigenvalue weighted by Gasteiger charge is -2.21.